The van der Waals surface area contributed by atoms with E-state index in [0.717, 1.165) is 49.9 Å². The topological polar surface area (TPSA) is 30.7 Å². The van der Waals surface area contributed by atoms with Crippen molar-refractivity contribution in [1.82, 2.24) is 14.5 Å². The second-order valence-electron chi connectivity index (χ2n) is 11.0. The Labute approximate surface area is 248 Å². The van der Waals surface area contributed by atoms with Gasteiger partial charge in [-0.05, 0) is 52.2 Å². The Bertz CT molecular complexity index is 2470. The van der Waals surface area contributed by atoms with Gasteiger partial charge in [-0.2, -0.15) is 0 Å². The lowest BCUT2D eigenvalue weighted by Crippen LogP contribution is -1.94. The van der Waals surface area contributed by atoms with E-state index in [1.54, 1.807) is 0 Å². The van der Waals surface area contributed by atoms with Gasteiger partial charge >= 0.3 is 0 Å². The summed E-state index contributed by atoms with van der Waals surface area (Å²) in [6.45, 7) is 0. The Hall–Kier alpha value is -5.80. The van der Waals surface area contributed by atoms with Crippen LogP contribution in [0.4, 0.5) is 0 Å². The SMILES string of the molecule is c1ccc(-n2c3ccccc3c3cc(-c4ccccc4-c4cnc5c6ccccc6c6ccccc6c5n4)ccc32)cc1. The normalized spacial score (nSPS) is 11.7. The minimum absolute atomic E-state index is 0.871. The van der Waals surface area contributed by atoms with E-state index in [-0.39, 0.29) is 0 Å². The lowest BCUT2D eigenvalue weighted by molar-refractivity contribution is 1.18. The second-order valence-corrected chi connectivity index (χ2v) is 11.0. The van der Waals surface area contributed by atoms with Crippen LogP contribution in [0.25, 0.3) is 82.5 Å². The van der Waals surface area contributed by atoms with Gasteiger partial charge in [-0.1, -0.05) is 115 Å². The minimum Gasteiger partial charge on any atom is -0.309 e. The molecule has 0 radical (unpaired) electrons. The molecule has 0 bridgehead atoms. The smallest absolute Gasteiger partial charge is 0.0979 e. The third kappa shape index (κ3) is 3.62. The van der Waals surface area contributed by atoms with Gasteiger partial charge in [0, 0.05) is 32.8 Å². The fraction of sp³-hybridized carbons (Fsp3) is 0. The van der Waals surface area contributed by atoms with Gasteiger partial charge in [-0.15, -0.1) is 0 Å². The molecule has 0 N–H and O–H groups in total. The molecular formula is C40H25N3. The van der Waals surface area contributed by atoms with Crippen LogP contribution in [0.2, 0.25) is 0 Å². The summed E-state index contributed by atoms with van der Waals surface area (Å²) in [6, 6.07) is 51.6. The van der Waals surface area contributed by atoms with Gasteiger partial charge in [0.25, 0.3) is 0 Å². The largest absolute Gasteiger partial charge is 0.309 e. The summed E-state index contributed by atoms with van der Waals surface area (Å²) >= 11 is 0. The summed E-state index contributed by atoms with van der Waals surface area (Å²) in [7, 11) is 0. The van der Waals surface area contributed by atoms with Crippen LogP contribution in [-0.2, 0) is 0 Å². The van der Waals surface area contributed by atoms with Crippen molar-refractivity contribution in [2.75, 3.05) is 0 Å². The van der Waals surface area contributed by atoms with E-state index in [1.807, 2.05) is 6.20 Å². The van der Waals surface area contributed by atoms with Crippen LogP contribution < -0.4 is 0 Å². The highest BCUT2D eigenvalue weighted by Crippen LogP contribution is 2.39. The zero-order valence-electron chi connectivity index (χ0n) is 23.3. The molecule has 0 aliphatic heterocycles. The zero-order valence-corrected chi connectivity index (χ0v) is 23.3. The van der Waals surface area contributed by atoms with Crippen LogP contribution in [0.3, 0.4) is 0 Å². The maximum Gasteiger partial charge on any atom is 0.0979 e. The van der Waals surface area contributed by atoms with E-state index < -0.39 is 0 Å². The lowest BCUT2D eigenvalue weighted by atomic mass is 9.95. The molecule has 43 heavy (non-hydrogen) atoms. The van der Waals surface area contributed by atoms with E-state index in [1.165, 1.54) is 32.6 Å². The van der Waals surface area contributed by atoms with Crippen LogP contribution in [-0.4, -0.2) is 14.5 Å². The number of aromatic nitrogens is 3. The molecular weight excluding hydrogens is 522 g/mol. The van der Waals surface area contributed by atoms with Crippen molar-refractivity contribution >= 4 is 54.4 Å². The van der Waals surface area contributed by atoms with Gasteiger partial charge < -0.3 is 4.57 Å². The first-order chi connectivity index (χ1) is 21.3. The average Bonchev–Trinajstić information content (AvgIpc) is 3.42. The number of hydrogen-bond acceptors (Lipinski definition) is 2. The van der Waals surface area contributed by atoms with Crippen molar-refractivity contribution in [1.29, 1.82) is 0 Å². The average molecular weight is 548 g/mol. The molecule has 2 aromatic heterocycles. The Morgan fingerprint density at radius 3 is 1.77 bits per heavy atom. The van der Waals surface area contributed by atoms with Gasteiger partial charge in [0.15, 0.2) is 0 Å². The van der Waals surface area contributed by atoms with Crippen molar-refractivity contribution in [3.8, 4) is 28.1 Å². The van der Waals surface area contributed by atoms with E-state index in [4.69, 9.17) is 9.97 Å². The maximum atomic E-state index is 5.30. The van der Waals surface area contributed by atoms with Crippen LogP contribution in [0, 0.1) is 0 Å². The zero-order chi connectivity index (χ0) is 28.3. The molecule has 9 rings (SSSR count). The van der Waals surface area contributed by atoms with Crippen LogP contribution in [0.5, 0.6) is 0 Å². The number of para-hydroxylation sites is 2. The van der Waals surface area contributed by atoms with Crippen LogP contribution in [0.1, 0.15) is 0 Å². The summed E-state index contributed by atoms with van der Waals surface area (Å²) in [5.74, 6) is 0. The van der Waals surface area contributed by atoms with Crippen molar-refractivity contribution < 1.29 is 0 Å². The molecule has 2 heterocycles. The molecule has 3 heteroatoms. The molecule has 9 aromatic rings. The molecule has 0 aliphatic rings. The fourth-order valence-electron chi connectivity index (χ4n) is 6.71. The fourth-order valence-corrected chi connectivity index (χ4v) is 6.71. The van der Waals surface area contributed by atoms with Crippen LogP contribution >= 0.6 is 0 Å². The molecule has 7 aromatic carbocycles. The summed E-state index contributed by atoms with van der Waals surface area (Å²) in [5.41, 5.74) is 9.66. The van der Waals surface area contributed by atoms with E-state index in [2.05, 4.69) is 150 Å². The Morgan fingerprint density at radius 1 is 0.419 bits per heavy atom. The highest BCUT2D eigenvalue weighted by molar-refractivity contribution is 6.23. The predicted octanol–water partition coefficient (Wildman–Crippen LogP) is 10.4. The van der Waals surface area contributed by atoms with Gasteiger partial charge in [-0.3, -0.25) is 4.98 Å². The molecule has 0 saturated carbocycles. The molecule has 0 amide bonds. The Morgan fingerprint density at radius 2 is 1.00 bits per heavy atom. The summed E-state index contributed by atoms with van der Waals surface area (Å²) in [5, 5.41) is 7.13. The number of benzene rings is 7. The van der Waals surface area contributed by atoms with E-state index >= 15 is 0 Å². The van der Waals surface area contributed by atoms with Gasteiger partial charge in [0.1, 0.15) is 0 Å². The van der Waals surface area contributed by atoms with Crippen molar-refractivity contribution in [3.05, 3.63) is 152 Å². The highest BCUT2D eigenvalue weighted by Gasteiger charge is 2.16. The summed E-state index contributed by atoms with van der Waals surface area (Å²) in [4.78, 5) is 10.3. The number of rotatable bonds is 3. The third-order valence-corrected chi connectivity index (χ3v) is 8.63. The van der Waals surface area contributed by atoms with Gasteiger partial charge in [-0.25, -0.2) is 4.98 Å². The number of fused-ring (bicyclic) bond motifs is 9. The van der Waals surface area contributed by atoms with Gasteiger partial charge in [0.2, 0.25) is 0 Å². The highest BCUT2D eigenvalue weighted by atomic mass is 15.0. The first-order valence-corrected chi connectivity index (χ1v) is 14.6. The molecule has 3 nitrogen and oxygen atoms in total. The first kappa shape index (κ1) is 23.9. The Kier molecular flexibility index (Phi) is 5.20. The molecule has 0 saturated heterocycles. The minimum atomic E-state index is 0.871. The maximum absolute atomic E-state index is 5.30. The molecule has 0 unspecified atom stereocenters. The predicted molar refractivity (Wildman–Crippen MR) is 180 cm³/mol. The second kappa shape index (κ2) is 9.37. The molecule has 0 aliphatic carbocycles. The molecule has 0 spiro atoms. The van der Waals surface area contributed by atoms with Crippen molar-refractivity contribution in [2.45, 2.75) is 0 Å². The van der Waals surface area contributed by atoms with Crippen LogP contribution in [0.15, 0.2) is 152 Å². The van der Waals surface area contributed by atoms with E-state index in [0.29, 0.717) is 0 Å². The standard InChI is InChI=1S/C40H25N3/c1-2-12-27(13-3-1)43-37-21-11-10-18-32(37)35-24-26(22-23-38(35)43)28-14-4-7-17-31(28)36-25-41-39-33-19-8-5-15-29(33)30-16-6-9-20-34(30)40(39)42-36/h1-25H. The monoisotopic (exact) mass is 547 g/mol. The number of nitrogens with zero attached hydrogens (tertiary/aromatic N) is 3. The van der Waals surface area contributed by atoms with Crippen molar-refractivity contribution in [2.24, 2.45) is 0 Å². The number of hydrogen-bond donors (Lipinski definition) is 0. The van der Waals surface area contributed by atoms with Gasteiger partial charge in [0.05, 0.1) is 34.0 Å². The summed E-state index contributed by atoms with van der Waals surface area (Å²) < 4.78 is 2.35. The lowest BCUT2D eigenvalue weighted by Gasteiger charge is -2.13. The quantitative estimate of drug-likeness (QED) is 0.206. The summed E-state index contributed by atoms with van der Waals surface area (Å²) in [6.07, 6.45) is 1.93. The first-order valence-electron chi connectivity index (χ1n) is 14.6. The van der Waals surface area contributed by atoms with E-state index in [9.17, 15) is 0 Å². The molecule has 0 atom stereocenters. The third-order valence-electron chi connectivity index (χ3n) is 8.63. The Balaban J connectivity index is 1.27. The van der Waals surface area contributed by atoms with Crippen molar-refractivity contribution in [3.63, 3.8) is 0 Å². The molecule has 200 valence electrons. The molecule has 0 fully saturated rings.